The van der Waals surface area contributed by atoms with E-state index in [1.54, 1.807) is 0 Å². The lowest BCUT2D eigenvalue weighted by atomic mass is 10.2. The van der Waals surface area contributed by atoms with Crippen molar-refractivity contribution in [3.05, 3.63) is 28.2 Å². The van der Waals surface area contributed by atoms with Crippen LogP contribution >= 0.6 is 27.7 Å². The second-order valence-corrected chi connectivity index (χ2v) is 6.17. The minimum absolute atomic E-state index is 0.347. The van der Waals surface area contributed by atoms with Crippen molar-refractivity contribution < 1.29 is 4.74 Å². The third-order valence-electron chi connectivity index (χ3n) is 2.83. The minimum atomic E-state index is 0.347. The summed E-state index contributed by atoms with van der Waals surface area (Å²) in [4.78, 5) is 1.29. The Morgan fingerprint density at radius 2 is 2.38 bits per heavy atom. The zero-order chi connectivity index (χ0) is 11.5. The molecule has 0 spiro atoms. The molecule has 4 heteroatoms. The molecule has 1 fully saturated rings. The highest BCUT2D eigenvalue weighted by Crippen LogP contribution is 2.35. The van der Waals surface area contributed by atoms with E-state index in [4.69, 9.17) is 10.5 Å². The van der Waals surface area contributed by atoms with Crippen LogP contribution in [0.1, 0.15) is 18.9 Å². The van der Waals surface area contributed by atoms with Gasteiger partial charge in [0.1, 0.15) is 0 Å². The van der Waals surface area contributed by atoms with E-state index >= 15 is 0 Å². The van der Waals surface area contributed by atoms with Crippen molar-refractivity contribution in [2.75, 3.05) is 6.61 Å². The average Bonchev–Trinajstić information content (AvgIpc) is 2.67. The monoisotopic (exact) mass is 301 g/mol. The number of hydrogen-bond acceptors (Lipinski definition) is 3. The summed E-state index contributed by atoms with van der Waals surface area (Å²) >= 11 is 5.37. The number of halogens is 1. The molecule has 1 aliphatic heterocycles. The van der Waals surface area contributed by atoms with Gasteiger partial charge in [-0.1, -0.05) is 15.9 Å². The summed E-state index contributed by atoms with van der Waals surface area (Å²) in [7, 11) is 0. The van der Waals surface area contributed by atoms with Crippen LogP contribution in [-0.4, -0.2) is 18.0 Å². The van der Waals surface area contributed by atoms with E-state index in [0.717, 1.165) is 17.5 Å². The van der Waals surface area contributed by atoms with Crippen molar-refractivity contribution in [1.29, 1.82) is 0 Å². The first-order valence-corrected chi connectivity index (χ1v) is 7.14. The molecule has 0 bridgehead atoms. The van der Waals surface area contributed by atoms with Gasteiger partial charge in [-0.15, -0.1) is 11.8 Å². The summed E-state index contributed by atoms with van der Waals surface area (Å²) in [5.74, 6) is 0. The van der Waals surface area contributed by atoms with Crippen molar-refractivity contribution in [3.8, 4) is 0 Å². The molecule has 0 aliphatic carbocycles. The van der Waals surface area contributed by atoms with Crippen LogP contribution in [-0.2, 0) is 11.3 Å². The molecule has 2 N–H and O–H groups in total. The molecule has 2 rings (SSSR count). The maximum absolute atomic E-state index is 5.76. The second-order valence-electron chi connectivity index (χ2n) is 3.98. The van der Waals surface area contributed by atoms with E-state index < -0.39 is 0 Å². The number of nitrogens with two attached hydrogens (primary N) is 1. The molecule has 0 amide bonds. The highest BCUT2D eigenvalue weighted by Gasteiger charge is 2.25. The molecule has 1 aliphatic rings. The normalized spacial score (nSPS) is 24.9. The fourth-order valence-corrected chi connectivity index (χ4v) is 3.51. The third kappa shape index (κ3) is 2.80. The van der Waals surface area contributed by atoms with Gasteiger partial charge in [0.15, 0.2) is 0 Å². The molecule has 0 radical (unpaired) electrons. The molecule has 1 heterocycles. The molecule has 1 aromatic rings. The Balaban J connectivity index is 2.14. The van der Waals surface area contributed by atoms with Gasteiger partial charge in [0, 0.05) is 27.8 Å². The van der Waals surface area contributed by atoms with Gasteiger partial charge in [0.05, 0.1) is 6.10 Å². The summed E-state index contributed by atoms with van der Waals surface area (Å²) in [5.41, 5.74) is 6.97. The van der Waals surface area contributed by atoms with Crippen LogP contribution in [0.4, 0.5) is 0 Å². The molecule has 0 aromatic heterocycles. The van der Waals surface area contributed by atoms with Crippen molar-refractivity contribution in [3.63, 3.8) is 0 Å². The summed E-state index contributed by atoms with van der Waals surface area (Å²) in [6.45, 7) is 3.61. The molecule has 2 unspecified atom stereocenters. The standard InChI is InChI=1S/C12H16BrNOS/c1-8-11(4-5-15-8)16-12-3-2-10(13)6-9(12)7-14/h2-3,6,8,11H,4-5,7,14H2,1H3. The van der Waals surface area contributed by atoms with E-state index in [1.165, 1.54) is 10.5 Å². The molecule has 16 heavy (non-hydrogen) atoms. The van der Waals surface area contributed by atoms with Gasteiger partial charge in [-0.3, -0.25) is 0 Å². The van der Waals surface area contributed by atoms with Crippen LogP contribution in [0.3, 0.4) is 0 Å². The fraction of sp³-hybridized carbons (Fsp3) is 0.500. The van der Waals surface area contributed by atoms with E-state index in [0.29, 0.717) is 17.9 Å². The molecule has 2 nitrogen and oxygen atoms in total. The lowest BCUT2D eigenvalue weighted by molar-refractivity contribution is 0.127. The molecule has 1 aromatic carbocycles. The number of benzene rings is 1. The van der Waals surface area contributed by atoms with Crippen LogP contribution in [0.5, 0.6) is 0 Å². The molecule has 88 valence electrons. The zero-order valence-electron chi connectivity index (χ0n) is 9.28. The van der Waals surface area contributed by atoms with Gasteiger partial charge in [-0.2, -0.15) is 0 Å². The predicted octanol–water partition coefficient (Wildman–Crippen LogP) is 3.18. The Morgan fingerprint density at radius 1 is 1.56 bits per heavy atom. The van der Waals surface area contributed by atoms with Gasteiger partial charge in [0.25, 0.3) is 0 Å². The van der Waals surface area contributed by atoms with Crippen LogP contribution in [0.2, 0.25) is 0 Å². The molecule has 2 atom stereocenters. The van der Waals surface area contributed by atoms with Crippen LogP contribution < -0.4 is 5.73 Å². The Labute approximate surface area is 109 Å². The van der Waals surface area contributed by atoms with Gasteiger partial charge >= 0.3 is 0 Å². The highest BCUT2D eigenvalue weighted by atomic mass is 79.9. The summed E-state index contributed by atoms with van der Waals surface area (Å²) in [6, 6.07) is 6.31. The maximum Gasteiger partial charge on any atom is 0.0669 e. The van der Waals surface area contributed by atoms with E-state index in [1.807, 2.05) is 11.8 Å². The van der Waals surface area contributed by atoms with Gasteiger partial charge in [-0.25, -0.2) is 0 Å². The van der Waals surface area contributed by atoms with Crippen molar-refractivity contribution in [2.24, 2.45) is 5.73 Å². The van der Waals surface area contributed by atoms with Crippen LogP contribution in [0, 0.1) is 0 Å². The summed E-state index contributed by atoms with van der Waals surface area (Å²) in [6.07, 6.45) is 1.48. The fourth-order valence-electron chi connectivity index (χ4n) is 1.85. The number of thioether (sulfide) groups is 1. The largest absolute Gasteiger partial charge is 0.377 e. The number of hydrogen-bond donors (Lipinski definition) is 1. The van der Waals surface area contributed by atoms with Crippen molar-refractivity contribution >= 4 is 27.7 Å². The lowest BCUT2D eigenvalue weighted by Crippen LogP contribution is -2.13. The quantitative estimate of drug-likeness (QED) is 0.931. The van der Waals surface area contributed by atoms with Crippen LogP contribution in [0.15, 0.2) is 27.6 Å². The maximum atomic E-state index is 5.76. The Bertz CT molecular complexity index is 372. The topological polar surface area (TPSA) is 35.2 Å². The first kappa shape index (κ1) is 12.4. The predicted molar refractivity (Wildman–Crippen MR) is 71.7 cm³/mol. The summed E-state index contributed by atoms with van der Waals surface area (Å²) in [5, 5.41) is 0.562. The highest BCUT2D eigenvalue weighted by molar-refractivity contribution is 9.10. The first-order valence-electron chi connectivity index (χ1n) is 5.47. The van der Waals surface area contributed by atoms with Crippen molar-refractivity contribution in [1.82, 2.24) is 0 Å². The SMILES string of the molecule is CC1OCCC1Sc1ccc(Br)cc1CN. The molecule has 1 saturated heterocycles. The Hall–Kier alpha value is -0.0300. The Morgan fingerprint density at radius 3 is 3.00 bits per heavy atom. The summed E-state index contributed by atoms with van der Waals surface area (Å²) < 4.78 is 6.66. The second kappa shape index (κ2) is 5.54. The van der Waals surface area contributed by atoms with Gasteiger partial charge in [0.2, 0.25) is 0 Å². The van der Waals surface area contributed by atoms with E-state index in [9.17, 15) is 0 Å². The average molecular weight is 302 g/mol. The van der Waals surface area contributed by atoms with E-state index in [-0.39, 0.29) is 0 Å². The lowest BCUT2D eigenvalue weighted by Gasteiger charge is -2.15. The number of rotatable bonds is 3. The van der Waals surface area contributed by atoms with Crippen molar-refractivity contribution in [2.45, 2.75) is 36.1 Å². The van der Waals surface area contributed by atoms with Gasteiger partial charge in [-0.05, 0) is 37.1 Å². The third-order valence-corrected chi connectivity index (χ3v) is 4.89. The first-order chi connectivity index (χ1) is 7.70. The molecular formula is C12H16BrNOS. The van der Waals surface area contributed by atoms with E-state index in [2.05, 4.69) is 41.1 Å². The molecule has 0 saturated carbocycles. The Kier molecular flexibility index (Phi) is 4.30. The zero-order valence-corrected chi connectivity index (χ0v) is 11.7. The molecular weight excluding hydrogens is 286 g/mol. The number of ether oxygens (including phenoxy) is 1. The minimum Gasteiger partial charge on any atom is -0.377 e. The van der Waals surface area contributed by atoms with Gasteiger partial charge < -0.3 is 10.5 Å². The van der Waals surface area contributed by atoms with Crippen LogP contribution in [0.25, 0.3) is 0 Å². The smallest absolute Gasteiger partial charge is 0.0669 e.